The van der Waals surface area contributed by atoms with Gasteiger partial charge in [0.15, 0.2) is 11.6 Å². The van der Waals surface area contributed by atoms with Crippen molar-refractivity contribution in [2.45, 2.75) is 172 Å². The zero-order valence-corrected chi connectivity index (χ0v) is 33.0. The predicted molar refractivity (Wildman–Crippen MR) is 178 cm³/mol. The van der Waals surface area contributed by atoms with Gasteiger partial charge >= 0.3 is 5.97 Å². The quantitative estimate of drug-likeness (QED) is 0.247. The molecule has 5 saturated heterocycles. The Bertz CT molecular complexity index is 1110. The minimum atomic E-state index is -1.56. The summed E-state index contributed by atoms with van der Waals surface area (Å²) in [7, 11) is 1.52. The Morgan fingerprint density at radius 2 is 1.71 bits per heavy atom. The number of methoxy groups -OCH3 is 1. The van der Waals surface area contributed by atoms with Gasteiger partial charge in [-0.3, -0.25) is 4.79 Å². The second-order valence-electron chi connectivity index (χ2n) is 16.3. The van der Waals surface area contributed by atoms with Gasteiger partial charge in [-0.2, -0.15) is 0 Å². The molecule has 4 N–H and O–H groups in total. The number of hydrogen-bond acceptors (Lipinski definition) is 10. The van der Waals surface area contributed by atoms with E-state index in [9.17, 15) is 25.2 Å². The van der Waals surface area contributed by atoms with E-state index in [0.29, 0.717) is 19.3 Å². The van der Waals surface area contributed by atoms with Crippen molar-refractivity contribution in [1.82, 2.24) is 0 Å². The molecule has 0 amide bonds. The molecule has 0 aliphatic carbocycles. The molecule has 48 heavy (non-hydrogen) atoms. The summed E-state index contributed by atoms with van der Waals surface area (Å²) in [6.45, 7) is 15.6. The van der Waals surface area contributed by atoms with Gasteiger partial charge in [0.05, 0.1) is 66.5 Å². The zero-order valence-electron chi connectivity index (χ0n) is 31.0. The Morgan fingerprint density at radius 3 is 2.31 bits per heavy atom. The van der Waals surface area contributed by atoms with Crippen LogP contribution in [0.25, 0.3) is 0 Å². The van der Waals surface area contributed by atoms with Gasteiger partial charge in [-0.05, 0) is 64.2 Å². The first-order valence-corrected chi connectivity index (χ1v) is 18.1. The van der Waals surface area contributed by atoms with E-state index in [1.165, 1.54) is 7.11 Å². The molecular formula is C36H62NaO11. The summed E-state index contributed by atoms with van der Waals surface area (Å²) < 4.78 is 39.4. The Morgan fingerprint density at radius 1 is 1.02 bits per heavy atom. The number of hydrogen-bond donors (Lipinski definition) is 4. The molecule has 0 saturated carbocycles. The molecule has 0 unspecified atom stereocenters. The molecule has 5 aliphatic heterocycles. The van der Waals surface area contributed by atoms with E-state index >= 15 is 0 Å². The van der Waals surface area contributed by atoms with Gasteiger partial charge in [-0.15, -0.1) is 0 Å². The largest absolute Gasteiger partial charge is 0.481 e. The number of ether oxygens (including phenoxy) is 6. The van der Waals surface area contributed by atoms with Crippen LogP contribution in [-0.2, 0) is 33.2 Å². The Kier molecular flexibility index (Phi) is 13.0. The first-order chi connectivity index (χ1) is 22.0. The average Bonchev–Trinajstić information content (AvgIpc) is 3.73. The number of carbonyl (C=O) groups is 1. The van der Waals surface area contributed by atoms with E-state index in [0.717, 1.165) is 32.1 Å². The summed E-state index contributed by atoms with van der Waals surface area (Å²) >= 11 is 0. The average molecular weight is 694 g/mol. The van der Waals surface area contributed by atoms with E-state index in [4.69, 9.17) is 28.4 Å². The monoisotopic (exact) mass is 693 g/mol. The molecular weight excluding hydrogens is 631 g/mol. The molecule has 0 aromatic carbocycles. The van der Waals surface area contributed by atoms with Gasteiger partial charge in [0.25, 0.3) is 0 Å². The Balaban J connectivity index is 0.00000520. The summed E-state index contributed by atoms with van der Waals surface area (Å²) in [5.74, 6) is -4.52. The van der Waals surface area contributed by atoms with Crippen LogP contribution in [0.15, 0.2) is 0 Å². The number of carboxylic acid groups (broad SMARTS) is 1. The normalized spacial score (nSPS) is 49.8. The summed E-state index contributed by atoms with van der Waals surface area (Å²) in [4.78, 5) is 11.8. The van der Waals surface area contributed by atoms with Crippen molar-refractivity contribution in [2.75, 3.05) is 13.7 Å². The van der Waals surface area contributed by atoms with Gasteiger partial charge in [-0.25, -0.2) is 0 Å². The Labute approximate surface area is 309 Å². The molecule has 5 heterocycles. The van der Waals surface area contributed by atoms with Crippen LogP contribution in [0.3, 0.4) is 0 Å². The first kappa shape index (κ1) is 40.9. The van der Waals surface area contributed by atoms with Crippen LogP contribution < -0.4 is 0 Å². The molecule has 5 rings (SSSR count). The Hall–Kier alpha value is 0.110. The van der Waals surface area contributed by atoms with Crippen LogP contribution in [0.5, 0.6) is 0 Å². The van der Waals surface area contributed by atoms with Crippen LogP contribution in [0.4, 0.5) is 0 Å². The number of carboxylic acids is 1. The maximum absolute atomic E-state index is 11.8. The maximum Gasteiger partial charge on any atom is 0.308 e. The minimum Gasteiger partial charge on any atom is -0.481 e. The maximum atomic E-state index is 11.8. The second-order valence-corrected chi connectivity index (χ2v) is 16.3. The molecule has 273 valence electrons. The molecule has 5 fully saturated rings. The van der Waals surface area contributed by atoms with Crippen LogP contribution >= 0.6 is 0 Å². The minimum absolute atomic E-state index is 0. The van der Waals surface area contributed by atoms with E-state index in [1.54, 1.807) is 6.92 Å². The molecule has 0 aromatic heterocycles. The molecule has 1 spiro atoms. The van der Waals surface area contributed by atoms with Gasteiger partial charge in [0.2, 0.25) is 0 Å². The first-order valence-electron chi connectivity index (χ1n) is 18.1. The van der Waals surface area contributed by atoms with Crippen LogP contribution in [-0.4, -0.2) is 135 Å². The predicted octanol–water partition coefficient (Wildman–Crippen LogP) is 3.89. The summed E-state index contributed by atoms with van der Waals surface area (Å²) in [6, 6.07) is 0. The SMILES string of the molecule is CC[C@@]1([C@@H]2O[C@@H]([C@H]3O[C@@](O)(CO)[C@H](C)C[C@@H]3C)C[C@@H]2C)CC[C@H]([C@]2(C)CC[C@]3(C[C@H](O)[C@@H](C)[C@@H]([C@@H](C)[C@@H](OC)[C@H](C)C(=O)O)O3)O2)O1.[Na]. The van der Waals surface area contributed by atoms with Crippen molar-refractivity contribution in [3.8, 4) is 0 Å². The molecule has 12 heteroatoms. The zero-order chi connectivity index (χ0) is 34.7. The number of aliphatic hydroxyl groups excluding tert-OH is 2. The van der Waals surface area contributed by atoms with E-state index < -0.39 is 59.6 Å². The number of rotatable bonds is 10. The van der Waals surface area contributed by atoms with Crippen LogP contribution in [0.2, 0.25) is 0 Å². The van der Waals surface area contributed by atoms with Gasteiger partial charge in [-0.1, -0.05) is 41.5 Å². The fourth-order valence-corrected chi connectivity index (χ4v) is 9.91. The topological polar surface area (TPSA) is 153 Å². The molecule has 0 aromatic rings. The summed E-state index contributed by atoms with van der Waals surface area (Å²) in [6.07, 6.45) is 2.99. The number of aliphatic hydroxyl groups is 3. The summed E-state index contributed by atoms with van der Waals surface area (Å²) in [5, 5.41) is 41.8. The van der Waals surface area contributed by atoms with E-state index in [2.05, 4.69) is 27.7 Å². The number of aliphatic carboxylic acids is 1. The van der Waals surface area contributed by atoms with E-state index in [1.807, 2.05) is 20.8 Å². The molecule has 0 bridgehead atoms. The van der Waals surface area contributed by atoms with Crippen LogP contribution in [0.1, 0.15) is 107 Å². The standard InChI is InChI=1S/C36H62O11.Na/c1-10-34(31-20(3)16-26(43-31)28-19(2)15-21(4)36(41,18-37)46-28)12-11-27(44-34)33(8)13-14-35(47-33)17-25(38)22(5)30(45-35)23(6)29(42-9)24(7)32(39)40;/h19-31,37-38,41H,10-18H2,1-9H3,(H,39,40);/t19-,20-,21+,22+,23-,24-,25-,26+,27+,28-,29+,30-,31+,33-,34-,35+,36-;/m0./s1. The third-order valence-corrected chi connectivity index (χ3v) is 13.0. The van der Waals surface area contributed by atoms with Gasteiger partial charge in [0, 0.05) is 67.3 Å². The third-order valence-electron chi connectivity index (χ3n) is 13.0. The molecule has 5 aliphatic rings. The third kappa shape index (κ3) is 7.33. The van der Waals surface area contributed by atoms with Crippen molar-refractivity contribution in [3.05, 3.63) is 0 Å². The van der Waals surface area contributed by atoms with Crippen molar-refractivity contribution < 1.29 is 53.6 Å². The second kappa shape index (κ2) is 15.2. The summed E-state index contributed by atoms with van der Waals surface area (Å²) in [5.41, 5.74) is -1.15. The molecule has 17 atom stereocenters. The van der Waals surface area contributed by atoms with Crippen LogP contribution in [0, 0.1) is 35.5 Å². The van der Waals surface area contributed by atoms with E-state index in [-0.39, 0.29) is 83.6 Å². The van der Waals surface area contributed by atoms with Gasteiger partial charge in [0.1, 0.15) is 0 Å². The van der Waals surface area contributed by atoms with Crippen molar-refractivity contribution in [2.24, 2.45) is 35.5 Å². The molecule has 1 radical (unpaired) electrons. The smallest absolute Gasteiger partial charge is 0.308 e. The van der Waals surface area contributed by atoms with Crippen molar-refractivity contribution >= 4 is 35.5 Å². The van der Waals surface area contributed by atoms with Crippen molar-refractivity contribution in [1.29, 1.82) is 0 Å². The fraction of sp³-hybridized carbons (Fsp3) is 0.972. The fourth-order valence-electron chi connectivity index (χ4n) is 9.91. The van der Waals surface area contributed by atoms with Crippen molar-refractivity contribution in [3.63, 3.8) is 0 Å². The molecule has 11 nitrogen and oxygen atoms in total. The van der Waals surface area contributed by atoms with Gasteiger partial charge < -0.3 is 48.8 Å².